The lowest BCUT2D eigenvalue weighted by Crippen LogP contribution is -2.26. The van der Waals surface area contributed by atoms with Crippen molar-refractivity contribution in [2.24, 2.45) is 4.99 Å². The van der Waals surface area contributed by atoms with Crippen molar-refractivity contribution in [2.45, 2.75) is 71.1 Å². The summed E-state index contributed by atoms with van der Waals surface area (Å²) >= 11 is 0. The Morgan fingerprint density at radius 3 is 2.16 bits per heavy atom. The lowest BCUT2D eigenvalue weighted by molar-refractivity contribution is 0.304. The van der Waals surface area contributed by atoms with Crippen LogP contribution in [0, 0.1) is 6.08 Å². The van der Waals surface area contributed by atoms with Crippen LogP contribution in [0.5, 0.6) is 5.75 Å². The van der Waals surface area contributed by atoms with E-state index in [1.165, 1.54) is 57.8 Å². The first-order valence-corrected chi connectivity index (χ1v) is 10.00. The topological polar surface area (TPSA) is 33.6 Å². The molecular formula is C22H33N2O. The van der Waals surface area contributed by atoms with E-state index in [4.69, 9.17) is 4.74 Å². The second-order valence-corrected chi connectivity index (χ2v) is 6.72. The Balaban J connectivity index is 1.49. The van der Waals surface area contributed by atoms with E-state index in [9.17, 15) is 0 Å². The molecule has 1 aliphatic rings. The standard InChI is InChI=1S/C22H33N2O/c1-2-3-4-5-6-7-8-9-10-11-19-25-21-15-13-20(14-16-21)22-23-17-12-18-24-22/h13-17H,2-11,18-19H2,1H3,(H,23,24). The van der Waals surface area contributed by atoms with E-state index in [0.717, 1.165) is 36.7 Å². The number of unbranched alkanes of at least 4 members (excludes halogenated alkanes) is 9. The highest BCUT2D eigenvalue weighted by Gasteiger charge is 2.04. The first kappa shape index (κ1) is 19.6. The second-order valence-electron chi connectivity index (χ2n) is 6.72. The van der Waals surface area contributed by atoms with E-state index < -0.39 is 0 Å². The number of nitrogens with zero attached hydrogens (tertiary/aromatic N) is 1. The van der Waals surface area contributed by atoms with Gasteiger partial charge in [-0.25, -0.2) is 4.99 Å². The molecule has 1 aliphatic heterocycles. The summed E-state index contributed by atoms with van der Waals surface area (Å²) in [5.74, 6) is 1.85. The minimum atomic E-state index is 0.718. The predicted octanol–water partition coefficient (Wildman–Crippen LogP) is 5.65. The molecule has 0 saturated carbocycles. The van der Waals surface area contributed by atoms with Crippen LogP contribution < -0.4 is 10.1 Å². The summed E-state index contributed by atoms with van der Waals surface area (Å²) in [6.07, 6.45) is 18.3. The fourth-order valence-corrected chi connectivity index (χ4v) is 3.00. The molecule has 0 amide bonds. The highest BCUT2D eigenvalue weighted by Crippen LogP contribution is 2.15. The Labute approximate surface area is 153 Å². The number of rotatable bonds is 13. The average molecular weight is 342 g/mol. The summed E-state index contributed by atoms with van der Waals surface area (Å²) in [7, 11) is 0. The molecule has 1 aromatic carbocycles. The molecule has 137 valence electrons. The molecule has 3 nitrogen and oxygen atoms in total. The third kappa shape index (κ3) is 8.24. The molecule has 0 aliphatic carbocycles. The van der Waals surface area contributed by atoms with Gasteiger partial charge in [0.2, 0.25) is 0 Å². The predicted molar refractivity (Wildman–Crippen MR) is 106 cm³/mol. The van der Waals surface area contributed by atoms with Crippen LogP contribution >= 0.6 is 0 Å². The van der Waals surface area contributed by atoms with E-state index in [1.807, 2.05) is 12.1 Å². The van der Waals surface area contributed by atoms with Crippen molar-refractivity contribution in [2.75, 3.05) is 13.2 Å². The molecule has 0 aromatic heterocycles. The molecule has 2 rings (SSSR count). The molecule has 1 N–H and O–H groups in total. The lowest BCUT2D eigenvalue weighted by Gasteiger charge is -2.11. The van der Waals surface area contributed by atoms with Gasteiger partial charge in [-0.15, -0.1) is 0 Å². The van der Waals surface area contributed by atoms with Gasteiger partial charge in [-0.2, -0.15) is 0 Å². The molecule has 1 aromatic rings. The molecule has 0 unspecified atom stereocenters. The zero-order valence-electron chi connectivity index (χ0n) is 15.7. The summed E-state index contributed by atoms with van der Waals surface area (Å²) in [6.45, 7) is 3.80. The number of hydrogen-bond acceptors (Lipinski definition) is 3. The summed E-state index contributed by atoms with van der Waals surface area (Å²) in [4.78, 5) is 4.29. The quantitative estimate of drug-likeness (QED) is 0.470. The van der Waals surface area contributed by atoms with Crippen LogP contribution in [0.4, 0.5) is 0 Å². The smallest absolute Gasteiger partial charge is 0.133 e. The first-order valence-electron chi connectivity index (χ1n) is 10.00. The summed E-state index contributed by atoms with van der Waals surface area (Å²) in [6, 6.07) is 8.16. The fraction of sp³-hybridized carbons (Fsp3) is 0.591. The van der Waals surface area contributed by atoms with Gasteiger partial charge in [0.25, 0.3) is 0 Å². The first-order chi connectivity index (χ1) is 12.4. The Morgan fingerprint density at radius 1 is 0.920 bits per heavy atom. The van der Waals surface area contributed by atoms with Gasteiger partial charge in [0.15, 0.2) is 0 Å². The molecule has 0 saturated heterocycles. The molecule has 0 atom stereocenters. The van der Waals surface area contributed by atoms with E-state index in [1.54, 1.807) is 6.20 Å². The lowest BCUT2D eigenvalue weighted by atomic mass is 10.1. The van der Waals surface area contributed by atoms with Crippen molar-refractivity contribution in [3.63, 3.8) is 0 Å². The van der Waals surface area contributed by atoms with Crippen molar-refractivity contribution < 1.29 is 4.74 Å². The third-order valence-corrected chi connectivity index (χ3v) is 4.54. The number of ether oxygens (including phenoxy) is 1. The molecule has 0 bridgehead atoms. The Morgan fingerprint density at radius 2 is 1.56 bits per heavy atom. The van der Waals surface area contributed by atoms with Crippen molar-refractivity contribution in [1.82, 2.24) is 5.32 Å². The Hall–Kier alpha value is -1.77. The Bertz CT molecular complexity index is 519. The largest absolute Gasteiger partial charge is 0.494 e. The van der Waals surface area contributed by atoms with Crippen LogP contribution in [0.3, 0.4) is 0 Å². The number of benzene rings is 1. The van der Waals surface area contributed by atoms with Gasteiger partial charge < -0.3 is 10.1 Å². The van der Waals surface area contributed by atoms with Gasteiger partial charge in [0.1, 0.15) is 11.6 Å². The number of nitrogens with one attached hydrogen (secondary N) is 1. The van der Waals surface area contributed by atoms with E-state index >= 15 is 0 Å². The molecule has 3 heteroatoms. The maximum atomic E-state index is 5.84. The van der Waals surface area contributed by atoms with Crippen molar-refractivity contribution >= 4 is 5.84 Å². The summed E-state index contributed by atoms with van der Waals surface area (Å²) in [5.41, 5.74) is 1.09. The van der Waals surface area contributed by atoms with E-state index in [-0.39, 0.29) is 0 Å². The fourth-order valence-electron chi connectivity index (χ4n) is 3.00. The van der Waals surface area contributed by atoms with Gasteiger partial charge in [-0.1, -0.05) is 64.7 Å². The second kappa shape index (κ2) is 12.6. The van der Waals surface area contributed by atoms with Crippen LogP contribution in [0.25, 0.3) is 0 Å². The van der Waals surface area contributed by atoms with Crippen LogP contribution in [0.2, 0.25) is 0 Å². The molecule has 1 heterocycles. The monoisotopic (exact) mass is 341 g/mol. The summed E-state index contributed by atoms with van der Waals surface area (Å²) in [5, 5.41) is 3.21. The van der Waals surface area contributed by atoms with Gasteiger partial charge >= 0.3 is 0 Å². The highest BCUT2D eigenvalue weighted by atomic mass is 16.5. The van der Waals surface area contributed by atoms with Crippen molar-refractivity contribution in [1.29, 1.82) is 0 Å². The molecule has 0 fully saturated rings. The highest BCUT2D eigenvalue weighted by molar-refractivity contribution is 5.99. The summed E-state index contributed by atoms with van der Waals surface area (Å²) < 4.78 is 5.84. The number of amidine groups is 1. The van der Waals surface area contributed by atoms with E-state index in [2.05, 4.69) is 35.4 Å². The zero-order chi connectivity index (χ0) is 17.6. The zero-order valence-corrected chi connectivity index (χ0v) is 15.7. The Kier molecular flexibility index (Phi) is 9.83. The van der Waals surface area contributed by atoms with Crippen LogP contribution in [-0.4, -0.2) is 19.0 Å². The van der Waals surface area contributed by atoms with Gasteiger partial charge in [0.05, 0.1) is 6.61 Å². The van der Waals surface area contributed by atoms with Gasteiger partial charge in [-0.3, -0.25) is 0 Å². The number of aliphatic imine (C=N–C) groups is 1. The number of hydrogen-bond donors (Lipinski definition) is 1. The molecule has 25 heavy (non-hydrogen) atoms. The van der Waals surface area contributed by atoms with Crippen LogP contribution in [0.1, 0.15) is 76.7 Å². The van der Waals surface area contributed by atoms with E-state index in [0.29, 0.717) is 0 Å². The average Bonchev–Trinajstić information content (AvgIpc) is 2.67. The van der Waals surface area contributed by atoms with Crippen molar-refractivity contribution in [3.05, 3.63) is 42.1 Å². The maximum Gasteiger partial charge on any atom is 0.133 e. The molecular weight excluding hydrogens is 308 g/mol. The third-order valence-electron chi connectivity index (χ3n) is 4.54. The minimum absolute atomic E-state index is 0.718. The molecule has 1 radical (unpaired) electrons. The van der Waals surface area contributed by atoms with Crippen LogP contribution in [-0.2, 0) is 0 Å². The maximum absolute atomic E-state index is 5.84. The minimum Gasteiger partial charge on any atom is -0.494 e. The SMILES string of the molecule is CCCCCCCCCCCCOc1ccc(C2=NC=[C]CN2)cc1. The van der Waals surface area contributed by atoms with Gasteiger partial charge in [0, 0.05) is 18.3 Å². The van der Waals surface area contributed by atoms with Gasteiger partial charge in [-0.05, 0) is 36.8 Å². The molecule has 0 spiro atoms. The van der Waals surface area contributed by atoms with Crippen LogP contribution in [0.15, 0.2) is 35.5 Å². The normalized spacial score (nSPS) is 13.4. The van der Waals surface area contributed by atoms with Crippen molar-refractivity contribution in [3.8, 4) is 5.75 Å².